The maximum atomic E-state index is 14.5. The van der Waals surface area contributed by atoms with Crippen LogP contribution in [0.25, 0.3) is 22.0 Å². The third-order valence-corrected chi connectivity index (χ3v) is 3.79. The predicted molar refractivity (Wildman–Crippen MR) is 85.7 cm³/mol. The largest absolute Gasteiger partial charge is 0.219 e. The van der Waals surface area contributed by atoms with Gasteiger partial charge in [-0.25, -0.2) is 4.98 Å². The molecule has 0 radical (unpaired) electrons. The lowest BCUT2D eigenvalue weighted by Gasteiger charge is -2.11. The molecule has 3 rings (SSSR count). The minimum Gasteiger partial charge on any atom is -0.219 e. The summed E-state index contributed by atoms with van der Waals surface area (Å²) in [5.74, 6) is -0.332. The molecule has 0 bridgehead atoms. The van der Waals surface area contributed by atoms with Crippen LogP contribution in [0.3, 0.4) is 0 Å². The van der Waals surface area contributed by atoms with Crippen LogP contribution in [0.2, 0.25) is 0 Å². The lowest BCUT2D eigenvalue weighted by Crippen LogP contribution is -1.99. The SMILES string of the molecule is CCCCc1c(F)nc(-c2ccccc2)c2ccccc12. The molecule has 21 heavy (non-hydrogen) atoms. The zero-order valence-corrected chi connectivity index (χ0v) is 12.1. The summed E-state index contributed by atoms with van der Waals surface area (Å²) in [5, 5.41) is 2.01. The van der Waals surface area contributed by atoms with Gasteiger partial charge in [0.1, 0.15) is 0 Å². The van der Waals surface area contributed by atoms with Crippen molar-refractivity contribution in [2.45, 2.75) is 26.2 Å². The number of nitrogens with zero attached hydrogens (tertiary/aromatic N) is 1. The van der Waals surface area contributed by atoms with Gasteiger partial charge in [0.05, 0.1) is 5.69 Å². The van der Waals surface area contributed by atoms with Crippen LogP contribution in [0.1, 0.15) is 25.3 Å². The third kappa shape index (κ3) is 2.66. The molecule has 1 aromatic heterocycles. The highest BCUT2D eigenvalue weighted by molar-refractivity contribution is 5.96. The van der Waals surface area contributed by atoms with Gasteiger partial charge in [-0.2, -0.15) is 4.39 Å². The highest BCUT2D eigenvalue weighted by Crippen LogP contribution is 2.30. The van der Waals surface area contributed by atoms with Crippen molar-refractivity contribution in [2.24, 2.45) is 0 Å². The first-order valence-corrected chi connectivity index (χ1v) is 7.43. The summed E-state index contributed by atoms with van der Waals surface area (Å²) in [7, 11) is 0. The van der Waals surface area contributed by atoms with Crippen molar-refractivity contribution in [3.63, 3.8) is 0 Å². The summed E-state index contributed by atoms with van der Waals surface area (Å²) in [5.41, 5.74) is 2.42. The summed E-state index contributed by atoms with van der Waals surface area (Å²) in [6, 6.07) is 17.8. The fourth-order valence-corrected chi connectivity index (χ4v) is 2.70. The first-order valence-electron chi connectivity index (χ1n) is 7.43. The normalized spacial score (nSPS) is 11.0. The molecule has 0 saturated heterocycles. The lowest BCUT2D eigenvalue weighted by molar-refractivity contribution is 0.567. The van der Waals surface area contributed by atoms with Crippen LogP contribution in [0.15, 0.2) is 54.6 Å². The molecule has 106 valence electrons. The number of aryl methyl sites for hydroxylation is 1. The Kier molecular flexibility index (Phi) is 3.96. The number of hydrogen-bond donors (Lipinski definition) is 0. The van der Waals surface area contributed by atoms with Crippen molar-refractivity contribution in [1.29, 1.82) is 0 Å². The molecular formula is C19H18FN. The van der Waals surface area contributed by atoms with Gasteiger partial charge in [-0.1, -0.05) is 67.9 Å². The summed E-state index contributed by atoms with van der Waals surface area (Å²) in [4.78, 5) is 4.26. The fraction of sp³-hybridized carbons (Fsp3) is 0.211. The molecule has 0 aliphatic rings. The molecule has 2 heteroatoms. The Morgan fingerprint density at radius 3 is 2.29 bits per heavy atom. The van der Waals surface area contributed by atoms with E-state index in [0.717, 1.165) is 46.9 Å². The Labute approximate surface area is 124 Å². The maximum Gasteiger partial charge on any atom is 0.217 e. The quantitative estimate of drug-likeness (QED) is 0.584. The minimum absolute atomic E-state index is 0.332. The number of aromatic nitrogens is 1. The molecule has 0 spiro atoms. The van der Waals surface area contributed by atoms with E-state index in [1.165, 1.54) is 0 Å². The summed E-state index contributed by atoms with van der Waals surface area (Å²) in [6.45, 7) is 2.12. The maximum absolute atomic E-state index is 14.5. The number of unbranched alkanes of at least 4 members (excludes halogenated alkanes) is 1. The van der Waals surface area contributed by atoms with E-state index in [4.69, 9.17) is 0 Å². The van der Waals surface area contributed by atoms with Crippen molar-refractivity contribution < 1.29 is 4.39 Å². The summed E-state index contributed by atoms with van der Waals surface area (Å²) >= 11 is 0. The van der Waals surface area contributed by atoms with E-state index in [0.29, 0.717) is 0 Å². The van der Waals surface area contributed by atoms with Gasteiger partial charge in [-0.05, 0) is 18.2 Å². The van der Waals surface area contributed by atoms with Gasteiger partial charge in [-0.15, -0.1) is 0 Å². The van der Waals surface area contributed by atoms with Gasteiger partial charge in [0.25, 0.3) is 0 Å². The number of halogens is 1. The zero-order chi connectivity index (χ0) is 14.7. The molecule has 3 aromatic rings. The highest BCUT2D eigenvalue weighted by Gasteiger charge is 2.14. The second-order valence-electron chi connectivity index (χ2n) is 5.24. The number of hydrogen-bond acceptors (Lipinski definition) is 1. The van der Waals surface area contributed by atoms with E-state index in [-0.39, 0.29) is 5.95 Å². The van der Waals surface area contributed by atoms with Gasteiger partial charge < -0.3 is 0 Å². The van der Waals surface area contributed by atoms with Crippen LogP contribution in [0, 0.1) is 5.95 Å². The molecule has 0 saturated carbocycles. The molecule has 0 aliphatic carbocycles. The van der Waals surface area contributed by atoms with Crippen LogP contribution < -0.4 is 0 Å². The average molecular weight is 279 g/mol. The van der Waals surface area contributed by atoms with Crippen molar-refractivity contribution in [3.8, 4) is 11.3 Å². The first kappa shape index (κ1) is 13.7. The summed E-state index contributed by atoms with van der Waals surface area (Å²) < 4.78 is 14.5. The van der Waals surface area contributed by atoms with Crippen LogP contribution in [-0.2, 0) is 6.42 Å². The average Bonchev–Trinajstić information content (AvgIpc) is 2.54. The first-order chi connectivity index (χ1) is 10.3. The minimum atomic E-state index is -0.332. The third-order valence-electron chi connectivity index (χ3n) is 3.79. The topological polar surface area (TPSA) is 12.9 Å². The van der Waals surface area contributed by atoms with Gasteiger partial charge in [0, 0.05) is 16.5 Å². The Morgan fingerprint density at radius 1 is 0.905 bits per heavy atom. The molecule has 0 fully saturated rings. The van der Waals surface area contributed by atoms with Crippen molar-refractivity contribution in [2.75, 3.05) is 0 Å². The Morgan fingerprint density at radius 2 is 1.57 bits per heavy atom. The van der Waals surface area contributed by atoms with E-state index in [2.05, 4.69) is 11.9 Å². The van der Waals surface area contributed by atoms with Gasteiger partial charge in [0.15, 0.2) is 0 Å². The van der Waals surface area contributed by atoms with Crippen LogP contribution >= 0.6 is 0 Å². The van der Waals surface area contributed by atoms with Gasteiger partial charge in [-0.3, -0.25) is 0 Å². The van der Waals surface area contributed by atoms with Crippen LogP contribution in [0.4, 0.5) is 4.39 Å². The van der Waals surface area contributed by atoms with E-state index >= 15 is 0 Å². The van der Waals surface area contributed by atoms with Gasteiger partial charge >= 0.3 is 0 Å². The van der Waals surface area contributed by atoms with Crippen LogP contribution in [0.5, 0.6) is 0 Å². The van der Waals surface area contributed by atoms with E-state index in [9.17, 15) is 4.39 Å². The monoisotopic (exact) mass is 279 g/mol. The van der Waals surface area contributed by atoms with Crippen molar-refractivity contribution in [3.05, 3.63) is 66.1 Å². The Hall–Kier alpha value is -2.22. The second kappa shape index (κ2) is 6.04. The second-order valence-corrected chi connectivity index (χ2v) is 5.24. The van der Waals surface area contributed by atoms with E-state index in [1.807, 2.05) is 54.6 Å². The molecule has 0 aliphatic heterocycles. The molecule has 1 nitrogen and oxygen atoms in total. The molecule has 1 heterocycles. The van der Waals surface area contributed by atoms with Crippen molar-refractivity contribution in [1.82, 2.24) is 4.98 Å². The summed E-state index contributed by atoms with van der Waals surface area (Å²) in [6.07, 6.45) is 2.77. The highest BCUT2D eigenvalue weighted by atomic mass is 19.1. The molecule has 0 amide bonds. The zero-order valence-electron chi connectivity index (χ0n) is 12.1. The molecule has 0 atom stereocenters. The standard InChI is InChI=1S/C19H18FN/c1-2-3-11-17-15-12-7-8-13-16(15)18(21-19(17)20)14-9-5-4-6-10-14/h4-10,12-13H,2-3,11H2,1H3. The lowest BCUT2D eigenvalue weighted by atomic mass is 9.98. The molecule has 0 N–H and O–H groups in total. The molecule has 2 aromatic carbocycles. The fourth-order valence-electron chi connectivity index (χ4n) is 2.70. The van der Waals surface area contributed by atoms with E-state index < -0.39 is 0 Å². The Bertz CT molecular complexity index is 750. The number of benzene rings is 2. The van der Waals surface area contributed by atoms with Crippen molar-refractivity contribution >= 4 is 10.8 Å². The van der Waals surface area contributed by atoms with E-state index in [1.54, 1.807) is 0 Å². The number of fused-ring (bicyclic) bond motifs is 1. The molecular weight excluding hydrogens is 261 g/mol. The van der Waals surface area contributed by atoms with Crippen LogP contribution in [-0.4, -0.2) is 4.98 Å². The smallest absolute Gasteiger partial charge is 0.217 e. The van der Waals surface area contributed by atoms with Gasteiger partial charge in [0.2, 0.25) is 5.95 Å². The number of pyridine rings is 1. The Balaban J connectivity index is 2.24. The molecule has 0 unspecified atom stereocenters. The predicted octanol–water partition coefficient (Wildman–Crippen LogP) is 5.38. The number of rotatable bonds is 4.